The lowest BCUT2D eigenvalue weighted by molar-refractivity contribution is -0.136. The van der Waals surface area contributed by atoms with Gasteiger partial charge in [-0.3, -0.25) is 0 Å². The summed E-state index contributed by atoms with van der Waals surface area (Å²) in [7, 11) is 0. The minimum Gasteiger partial charge on any atom is -0.353 e. The fourth-order valence-electron chi connectivity index (χ4n) is 2.15. The molecular formula is C13H26O2S. The second kappa shape index (κ2) is 9.32. The van der Waals surface area contributed by atoms with Gasteiger partial charge in [0.1, 0.15) is 0 Å². The van der Waals surface area contributed by atoms with E-state index in [2.05, 4.69) is 11.8 Å². The van der Waals surface area contributed by atoms with E-state index >= 15 is 0 Å². The van der Waals surface area contributed by atoms with Crippen molar-refractivity contribution in [1.29, 1.82) is 0 Å². The average Bonchev–Trinajstić information content (AvgIpc) is 2.31. The van der Waals surface area contributed by atoms with Gasteiger partial charge in [-0.25, -0.2) is 0 Å². The molecule has 0 N–H and O–H groups in total. The number of hydrogen-bond donors (Lipinski definition) is 0. The highest BCUT2D eigenvalue weighted by atomic mass is 32.2. The van der Waals surface area contributed by atoms with Crippen molar-refractivity contribution < 1.29 is 9.47 Å². The number of rotatable bonds is 8. The van der Waals surface area contributed by atoms with Crippen molar-refractivity contribution >= 4 is 11.8 Å². The molecule has 0 atom stereocenters. The first kappa shape index (κ1) is 14.3. The topological polar surface area (TPSA) is 18.5 Å². The van der Waals surface area contributed by atoms with E-state index in [0.29, 0.717) is 0 Å². The Morgan fingerprint density at radius 1 is 1.06 bits per heavy atom. The molecule has 0 aromatic heterocycles. The minimum atomic E-state index is 0.0195. The van der Waals surface area contributed by atoms with Crippen LogP contribution < -0.4 is 0 Å². The first-order valence-corrected chi connectivity index (χ1v) is 7.76. The van der Waals surface area contributed by atoms with Crippen molar-refractivity contribution in [1.82, 2.24) is 0 Å². The molecule has 16 heavy (non-hydrogen) atoms. The first-order chi connectivity index (χ1) is 7.86. The summed E-state index contributed by atoms with van der Waals surface area (Å²) in [5.74, 6) is 1.18. The highest BCUT2D eigenvalue weighted by molar-refractivity contribution is 7.99. The van der Waals surface area contributed by atoms with Crippen LogP contribution in [-0.2, 0) is 9.47 Å². The molecule has 1 fully saturated rings. The zero-order chi connectivity index (χ0) is 11.6. The maximum atomic E-state index is 5.54. The Bertz CT molecular complexity index is 152. The Kier molecular flexibility index (Phi) is 8.34. The van der Waals surface area contributed by atoms with E-state index in [1.807, 2.05) is 13.8 Å². The highest BCUT2D eigenvalue weighted by Gasteiger charge is 2.15. The lowest BCUT2D eigenvalue weighted by Gasteiger charge is -2.22. The summed E-state index contributed by atoms with van der Waals surface area (Å²) in [5.41, 5.74) is 0. The standard InChI is InChI=1S/C13H26O2S/c1-3-14-13(15-4-2)10-11-16-12-8-6-5-7-9-12/h12-13H,3-11H2,1-2H3. The van der Waals surface area contributed by atoms with Gasteiger partial charge in [0.05, 0.1) is 0 Å². The van der Waals surface area contributed by atoms with E-state index in [4.69, 9.17) is 9.47 Å². The van der Waals surface area contributed by atoms with E-state index in [1.54, 1.807) is 0 Å². The Morgan fingerprint density at radius 2 is 1.69 bits per heavy atom. The lowest BCUT2D eigenvalue weighted by atomic mass is 10.0. The Labute approximate surface area is 104 Å². The summed E-state index contributed by atoms with van der Waals surface area (Å²) >= 11 is 2.12. The SMILES string of the molecule is CCOC(CCSC1CCCCC1)OCC. The molecular weight excluding hydrogens is 220 g/mol. The van der Waals surface area contributed by atoms with Crippen molar-refractivity contribution in [2.75, 3.05) is 19.0 Å². The van der Waals surface area contributed by atoms with Crippen molar-refractivity contribution in [3.63, 3.8) is 0 Å². The van der Waals surface area contributed by atoms with Gasteiger partial charge in [0.25, 0.3) is 0 Å². The summed E-state index contributed by atoms with van der Waals surface area (Å²) in [4.78, 5) is 0. The fourth-order valence-corrected chi connectivity index (χ4v) is 3.48. The Hall–Kier alpha value is 0.270. The molecule has 0 aromatic rings. The van der Waals surface area contributed by atoms with E-state index in [9.17, 15) is 0 Å². The molecule has 0 heterocycles. The maximum absolute atomic E-state index is 5.54. The maximum Gasteiger partial charge on any atom is 0.158 e. The normalized spacial score (nSPS) is 18.2. The summed E-state index contributed by atoms with van der Waals surface area (Å²) in [6.07, 6.45) is 8.18. The molecule has 0 aliphatic heterocycles. The summed E-state index contributed by atoms with van der Waals surface area (Å²) in [5, 5.41) is 0.901. The lowest BCUT2D eigenvalue weighted by Crippen LogP contribution is -2.19. The van der Waals surface area contributed by atoms with Gasteiger partial charge in [-0.2, -0.15) is 11.8 Å². The van der Waals surface area contributed by atoms with Gasteiger partial charge in [0, 0.05) is 24.9 Å². The minimum absolute atomic E-state index is 0.0195. The summed E-state index contributed by atoms with van der Waals surface area (Å²) in [6, 6.07) is 0. The van der Waals surface area contributed by atoms with Crippen LogP contribution in [0.5, 0.6) is 0 Å². The van der Waals surface area contributed by atoms with Crippen LogP contribution in [0, 0.1) is 0 Å². The molecule has 96 valence electrons. The van der Waals surface area contributed by atoms with Crippen molar-refractivity contribution in [3.05, 3.63) is 0 Å². The Morgan fingerprint density at radius 3 is 2.25 bits per heavy atom. The predicted octanol–water partition coefficient (Wildman–Crippen LogP) is 3.84. The highest BCUT2D eigenvalue weighted by Crippen LogP contribution is 2.28. The second-order valence-electron chi connectivity index (χ2n) is 4.26. The second-order valence-corrected chi connectivity index (χ2v) is 5.67. The summed E-state index contributed by atoms with van der Waals surface area (Å²) in [6.45, 7) is 5.55. The van der Waals surface area contributed by atoms with Crippen LogP contribution >= 0.6 is 11.8 Å². The zero-order valence-electron chi connectivity index (χ0n) is 10.7. The smallest absolute Gasteiger partial charge is 0.158 e. The van der Waals surface area contributed by atoms with Crippen LogP contribution in [-0.4, -0.2) is 30.5 Å². The molecule has 0 bridgehead atoms. The third-order valence-electron chi connectivity index (χ3n) is 2.96. The molecule has 0 amide bonds. The van der Waals surface area contributed by atoms with Crippen LogP contribution in [0.2, 0.25) is 0 Å². The quantitative estimate of drug-likeness (QED) is 0.606. The molecule has 0 radical (unpaired) electrons. The van der Waals surface area contributed by atoms with Gasteiger partial charge in [0.15, 0.2) is 6.29 Å². The van der Waals surface area contributed by atoms with Crippen LogP contribution in [0.4, 0.5) is 0 Å². The van der Waals surface area contributed by atoms with Gasteiger partial charge in [-0.05, 0) is 32.4 Å². The van der Waals surface area contributed by atoms with Crippen LogP contribution in [0.25, 0.3) is 0 Å². The molecule has 0 unspecified atom stereocenters. The molecule has 3 heteroatoms. The van der Waals surface area contributed by atoms with Crippen molar-refractivity contribution in [2.45, 2.75) is 63.9 Å². The third kappa shape index (κ3) is 6.12. The Balaban J connectivity index is 2.06. The molecule has 2 nitrogen and oxygen atoms in total. The van der Waals surface area contributed by atoms with Crippen LogP contribution in [0.1, 0.15) is 52.4 Å². The number of ether oxygens (including phenoxy) is 2. The number of thioether (sulfide) groups is 1. The molecule has 0 aromatic carbocycles. The number of hydrogen-bond acceptors (Lipinski definition) is 3. The van der Waals surface area contributed by atoms with Crippen molar-refractivity contribution in [3.8, 4) is 0 Å². The van der Waals surface area contributed by atoms with Crippen LogP contribution in [0.15, 0.2) is 0 Å². The van der Waals surface area contributed by atoms with Gasteiger partial charge in [-0.1, -0.05) is 19.3 Å². The average molecular weight is 246 g/mol. The molecule has 1 rings (SSSR count). The molecule has 1 aliphatic rings. The van der Waals surface area contributed by atoms with Crippen LogP contribution in [0.3, 0.4) is 0 Å². The van der Waals surface area contributed by atoms with E-state index < -0.39 is 0 Å². The monoisotopic (exact) mass is 246 g/mol. The largest absolute Gasteiger partial charge is 0.353 e. The van der Waals surface area contributed by atoms with Gasteiger partial charge < -0.3 is 9.47 Å². The molecule has 0 saturated heterocycles. The van der Waals surface area contributed by atoms with Crippen molar-refractivity contribution in [2.24, 2.45) is 0 Å². The van der Waals surface area contributed by atoms with E-state index in [1.165, 1.54) is 37.9 Å². The zero-order valence-corrected chi connectivity index (χ0v) is 11.6. The van der Waals surface area contributed by atoms with Gasteiger partial charge >= 0.3 is 0 Å². The third-order valence-corrected chi connectivity index (χ3v) is 4.38. The predicted molar refractivity (Wildman–Crippen MR) is 71.0 cm³/mol. The summed E-state index contributed by atoms with van der Waals surface area (Å²) < 4.78 is 11.1. The first-order valence-electron chi connectivity index (χ1n) is 6.71. The molecule has 1 saturated carbocycles. The van der Waals surface area contributed by atoms with E-state index in [0.717, 1.165) is 24.9 Å². The molecule has 1 aliphatic carbocycles. The molecule has 0 spiro atoms. The van der Waals surface area contributed by atoms with Gasteiger partial charge in [-0.15, -0.1) is 0 Å². The fraction of sp³-hybridized carbons (Fsp3) is 1.00. The van der Waals surface area contributed by atoms with Gasteiger partial charge in [0.2, 0.25) is 0 Å². The van der Waals surface area contributed by atoms with E-state index in [-0.39, 0.29) is 6.29 Å².